The minimum atomic E-state index is 0.317. The molecule has 0 amide bonds. The Hall–Kier alpha value is -3.99. The Labute approximate surface area is 173 Å². The van der Waals surface area contributed by atoms with E-state index in [2.05, 4.69) is 36.3 Å². The lowest BCUT2D eigenvalue weighted by atomic mass is 10.0. The van der Waals surface area contributed by atoms with Gasteiger partial charge in [-0.1, -0.05) is 18.2 Å². The zero-order valence-corrected chi connectivity index (χ0v) is 16.3. The van der Waals surface area contributed by atoms with Gasteiger partial charge in [0.1, 0.15) is 24.0 Å². The van der Waals surface area contributed by atoms with Crippen LogP contribution in [0.2, 0.25) is 0 Å². The molecular weight excluding hydrogens is 376 g/mol. The first-order chi connectivity index (χ1) is 14.8. The number of nitrogens with zero attached hydrogens (tertiary/aromatic N) is 7. The summed E-state index contributed by atoms with van der Waals surface area (Å²) in [5.41, 5.74) is 2.34. The van der Waals surface area contributed by atoms with E-state index in [1.54, 1.807) is 12.5 Å². The van der Waals surface area contributed by atoms with Crippen LogP contribution in [0, 0.1) is 11.3 Å². The molecule has 1 saturated heterocycles. The van der Waals surface area contributed by atoms with Crippen LogP contribution < -0.4 is 10.2 Å². The van der Waals surface area contributed by atoms with Gasteiger partial charge in [-0.05, 0) is 37.1 Å². The number of benzene rings is 1. The molecule has 8 nitrogen and oxygen atoms in total. The molecule has 0 spiro atoms. The minimum absolute atomic E-state index is 0.317. The molecule has 0 bridgehead atoms. The molecule has 0 saturated carbocycles. The van der Waals surface area contributed by atoms with Crippen molar-refractivity contribution < 1.29 is 0 Å². The summed E-state index contributed by atoms with van der Waals surface area (Å²) < 4.78 is 1.83. The van der Waals surface area contributed by atoms with Crippen LogP contribution in [0.5, 0.6) is 0 Å². The number of nitriles is 1. The molecule has 5 rings (SSSR count). The van der Waals surface area contributed by atoms with Gasteiger partial charge in [-0.25, -0.2) is 19.6 Å². The summed E-state index contributed by atoms with van der Waals surface area (Å²) in [7, 11) is 0. The Morgan fingerprint density at radius 3 is 2.53 bits per heavy atom. The predicted octanol–water partition coefficient (Wildman–Crippen LogP) is 3.16. The van der Waals surface area contributed by atoms with Crippen molar-refractivity contribution in [2.75, 3.05) is 23.3 Å². The van der Waals surface area contributed by atoms with Crippen LogP contribution in [0.15, 0.2) is 61.2 Å². The normalized spacial score (nSPS) is 14.6. The van der Waals surface area contributed by atoms with Crippen molar-refractivity contribution >= 4 is 22.7 Å². The summed E-state index contributed by atoms with van der Waals surface area (Å²) in [6.07, 6.45) is 6.98. The summed E-state index contributed by atoms with van der Waals surface area (Å²) in [6.45, 7) is 1.79. The second-order valence-electron chi connectivity index (χ2n) is 7.27. The van der Waals surface area contributed by atoms with Gasteiger partial charge in [-0.15, -0.1) is 0 Å². The molecule has 1 N–H and O–H groups in total. The molecule has 1 fully saturated rings. The standard InChI is InChI=1S/C22H20N8/c23-12-16-6-7-20(24-13-16)29-10-8-17(9-11-29)28-21-19-14-27-30(22(19)26-15-25-21)18-4-2-1-3-5-18/h1-7,13-15,17H,8-11H2,(H,25,26,28). The largest absolute Gasteiger partial charge is 0.366 e. The molecule has 148 valence electrons. The van der Waals surface area contributed by atoms with E-state index in [9.17, 15) is 0 Å². The second-order valence-corrected chi connectivity index (χ2v) is 7.27. The Morgan fingerprint density at radius 1 is 0.967 bits per heavy atom. The highest BCUT2D eigenvalue weighted by atomic mass is 15.3. The van der Waals surface area contributed by atoms with Gasteiger partial charge in [-0.2, -0.15) is 10.4 Å². The van der Waals surface area contributed by atoms with Crippen molar-refractivity contribution in [2.45, 2.75) is 18.9 Å². The van der Waals surface area contributed by atoms with Gasteiger partial charge in [0.25, 0.3) is 0 Å². The Kier molecular flexibility index (Phi) is 4.69. The van der Waals surface area contributed by atoms with Gasteiger partial charge < -0.3 is 10.2 Å². The highest BCUT2D eigenvalue weighted by Gasteiger charge is 2.21. The molecule has 4 aromatic rings. The maximum atomic E-state index is 8.93. The summed E-state index contributed by atoms with van der Waals surface area (Å²) in [5, 5.41) is 17.9. The van der Waals surface area contributed by atoms with Crippen LogP contribution in [0.4, 0.5) is 11.6 Å². The Bertz CT molecular complexity index is 1190. The van der Waals surface area contributed by atoms with Gasteiger partial charge in [0.2, 0.25) is 0 Å². The van der Waals surface area contributed by atoms with Crippen molar-refractivity contribution in [3.05, 3.63) is 66.7 Å². The van der Waals surface area contributed by atoms with Crippen LogP contribution in [0.3, 0.4) is 0 Å². The molecule has 1 aromatic carbocycles. The first kappa shape index (κ1) is 18.1. The third-order valence-corrected chi connectivity index (χ3v) is 5.40. The zero-order chi connectivity index (χ0) is 20.3. The maximum Gasteiger partial charge on any atom is 0.168 e. The van der Waals surface area contributed by atoms with E-state index in [1.165, 1.54) is 0 Å². The third-order valence-electron chi connectivity index (χ3n) is 5.40. The van der Waals surface area contributed by atoms with Gasteiger partial charge in [-0.3, -0.25) is 0 Å². The van der Waals surface area contributed by atoms with E-state index in [0.29, 0.717) is 11.6 Å². The van der Waals surface area contributed by atoms with Crippen LogP contribution >= 0.6 is 0 Å². The van der Waals surface area contributed by atoms with Crippen molar-refractivity contribution in [3.8, 4) is 11.8 Å². The Balaban J connectivity index is 1.30. The molecule has 30 heavy (non-hydrogen) atoms. The number of hydrogen-bond acceptors (Lipinski definition) is 7. The first-order valence-electron chi connectivity index (χ1n) is 9.93. The molecular formula is C22H20N8. The molecule has 0 atom stereocenters. The Morgan fingerprint density at radius 2 is 1.80 bits per heavy atom. The summed E-state index contributed by atoms with van der Waals surface area (Å²) in [5.74, 6) is 1.73. The van der Waals surface area contributed by atoms with Crippen molar-refractivity contribution in [1.29, 1.82) is 5.26 Å². The number of para-hydroxylation sites is 1. The lowest BCUT2D eigenvalue weighted by molar-refractivity contribution is 0.523. The lowest BCUT2D eigenvalue weighted by Crippen LogP contribution is -2.39. The monoisotopic (exact) mass is 396 g/mol. The number of piperidine rings is 1. The van der Waals surface area contributed by atoms with E-state index >= 15 is 0 Å². The predicted molar refractivity (Wildman–Crippen MR) is 114 cm³/mol. The van der Waals surface area contributed by atoms with Crippen LogP contribution in [0.1, 0.15) is 18.4 Å². The number of nitrogens with one attached hydrogen (secondary N) is 1. The van der Waals surface area contributed by atoms with Crippen molar-refractivity contribution in [1.82, 2.24) is 24.7 Å². The summed E-state index contributed by atoms with van der Waals surface area (Å²) in [6, 6.07) is 16.1. The second kappa shape index (κ2) is 7.79. The van der Waals surface area contributed by atoms with Crippen LogP contribution in [-0.4, -0.2) is 43.9 Å². The van der Waals surface area contributed by atoms with E-state index in [0.717, 1.165) is 54.3 Å². The molecule has 0 aliphatic carbocycles. The smallest absolute Gasteiger partial charge is 0.168 e. The molecule has 1 aliphatic heterocycles. The fraction of sp³-hybridized carbons (Fsp3) is 0.227. The minimum Gasteiger partial charge on any atom is -0.366 e. The van der Waals surface area contributed by atoms with E-state index < -0.39 is 0 Å². The molecule has 0 unspecified atom stereocenters. The number of hydrogen-bond donors (Lipinski definition) is 1. The number of pyridine rings is 1. The maximum absolute atomic E-state index is 8.93. The molecule has 8 heteroatoms. The number of fused-ring (bicyclic) bond motifs is 1. The lowest BCUT2D eigenvalue weighted by Gasteiger charge is -2.33. The fourth-order valence-corrected chi connectivity index (χ4v) is 3.80. The van der Waals surface area contributed by atoms with E-state index in [1.807, 2.05) is 53.3 Å². The van der Waals surface area contributed by atoms with Crippen molar-refractivity contribution in [2.24, 2.45) is 0 Å². The first-order valence-corrected chi connectivity index (χ1v) is 9.93. The highest BCUT2D eigenvalue weighted by molar-refractivity contribution is 5.87. The van der Waals surface area contributed by atoms with E-state index in [4.69, 9.17) is 5.26 Å². The topological polar surface area (TPSA) is 95.5 Å². The molecule has 1 aliphatic rings. The van der Waals surface area contributed by atoms with Crippen LogP contribution in [-0.2, 0) is 0 Å². The zero-order valence-electron chi connectivity index (χ0n) is 16.3. The molecule has 0 radical (unpaired) electrons. The molecule has 3 aromatic heterocycles. The van der Waals surface area contributed by atoms with Gasteiger partial charge in [0.05, 0.1) is 22.8 Å². The van der Waals surface area contributed by atoms with Gasteiger partial charge in [0, 0.05) is 25.3 Å². The SMILES string of the molecule is N#Cc1ccc(N2CCC(Nc3ncnc4c3cnn4-c3ccccc3)CC2)nc1. The van der Waals surface area contributed by atoms with Crippen molar-refractivity contribution in [3.63, 3.8) is 0 Å². The number of rotatable bonds is 4. The molecule has 4 heterocycles. The van der Waals surface area contributed by atoms with Crippen LogP contribution in [0.25, 0.3) is 16.7 Å². The third kappa shape index (κ3) is 3.42. The number of anilines is 2. The summed E-state index contributed by atoms with van der Waals surface area (Å²) >= 11 is 0. The van der Waals surface area contributed by atoms with E-state index in [-0.39, 0.29) is 0 Å². The number of aromatic nitrogens is 5. The summed E-state index contributed by atoms with van der Waals surface area (Å²) in [4.78, 5) is 15.6. The average molecular weight is 396 g/mol. The fourth-order valence-electron chi connectivity index (χ4n) is 3.80. The highest BCUT2D eigenvalue weighted by Crippen LogP contribution is 2.25. The van der Waals surface area contributed by atoms with Gasteiger partial charge in [0.15, 0.2) is 5.65 Å². The quantitative estimate of drug-likeness (QED) is 0.566. The van der Waals surface area contributed by atoms with Gasteiger partial charge >= 0.3 is 0 Å². The average Bonchev–Trinajstić information content (AvgIpc) is 3.26.